The summed E-state index contributed by atoms with van der Waals surface area (Å²) in [7, 11) is 1.24. The first-order valence-electron chi connectivity index (χ1n) is 6.95. The minimum atomic E-state index is 0.230. The second-order valence-electron chi connectivity index (χ2n) is 4.58. The zero-order valence-electron chi connectivity index (χ0n) is 12.0. The molecular weight excluding hydrogens is 231 g/mol. The Balaban J connectivity index is 3.78. The molecule has 0 radical (unpaired) electrons. The monoisotopic (exact) mass is 262 g/mol. The van der Waals surface area contributed by atoms with E-state index in [1.54, 1.807) is 0 Å². The summed E-state index contributed by atoms with van der Waals surface area (Å²) >= 11 is 0. The third-order valence-corrected chi connectivity index (χ3v) is 7.58. The predicted octanol–water partition coefficient (Wildman–Crippen LogP) is 3.53. The van der Waals surface area contributed by atoms with E-state index in [1.807, 2.05) is 0 Å². The normalized spacial score (nSPS) is 12.6. The van der Waals surface area contributed by atoms with Crippen LogP contribution in [0.3, 0.4) is 0 Å². The lowest BCUT2D eigenvalue weighted by Crippen LogP contribution is -2.30. The Bertz CT molecular complexity index is 148. The van der Waals surface area contributed by atoms with E-state index in [2.05, 4.69) is 27.7 Å². The molecule has 0 spiro atoms. The van der Waals surface area contributed by atoms with Crippen LogP contribution in [-0.2, 0) is 4.43 Å². The van der Waals surface area contributed by atoms with E-state index in [1.165, 1.54) is 50.6 Å². The van der Waals surface area contributed by atoms with E-state index in [0.29, 0.717) is 7.92 Å². The molecule has 0 saturated heterocycles. The molecule has 1 nitrogen and oxygen atoms in total. The van der Waals surface area contributed by atoms with Crippen molar-refractivity contribution in [1.29, 1.82) is 0 Å². The van der Waals surface area contributed by atoms with Crippen LogP contribution in [-0.4, -0.2) is 34.6 Å². The smallest absolute Gasteiger partial charge is 0.146 e. The van der Waals surface area contributed by atoms with E-state index in [9.17, 15) is 0 Å². The van der Waals surface area contributed by atoms with Gasteiger partial charge in [-0.3, -0.25) is 0 Å². The van der Waals surface area contributed by atoms with Crippen molar-refractivity contribution in [2.75, 3.05) is 18.5 Å². The maximum absolute atomic E-state index is 5.84. The summed E-state index contributed by atoms with van der Waals surface area (Å²) in [6, 6.07) is 0. The zero-order valence-corrected chi connectivity index (χ0v) is 14.9. The number of unbranched alkanes of at least 4 members (excludes halogenated alkanes) is 1. The third kappa shape index (κ3) is 5.79. The Morgan fingerprint density at radius 1 is 1.00 bits per heavy atom. The predicted molar refractivity (Wildman–Crippen MR) is 81.1 cm³/mol. The van der Waals surface area contributed by atoms with Crippen molar-refractivity contribution in [2.45, 2.75) is 65.4 Å². The van der Waals surface area contributed by atoms with Gasteiger partial charge in [0.1, 0.15) is 10.5 Å². The average molecular weight is 262 g/mol. The van der Waals surface area contributed by atoms with E-state index in [0.717, 1.165) is 10.5 Å². The second kappa shape index (κ2) is 9.62. The van der Waals surface area contributed by atoms with Crippen LogP contribution in [0.5, 0.6) is 0 Å². The Labute approximate surface area is 107 Å². The van der Waals surface area contributed by atoms with Gasteiger partial charge >= 0.3 is 0 Å². The van der Waals surface area contributed by atoms with E-state index >= 15 is 0 Å². The van der Waals surface area contributed by atoms with Gasteiger partial charge in [0.05, 0.1) is 5.60 Å². The minimum absolute atomic E-state index is 0.230. The van der Waals surface area contributed by atoms with Crippen molar-refractivity contribution >= 4 is 18.4 Å². The van der Waals surface area contributed by atoms with Gasteiger partial charge in [-0.25, -0.2) is 0 Å². The maximum atomic E-state index is 5.84. The van der Waals surface area contributed by atoms with Gasteiger partial charge in [0.25, 0.3) is 0 Å². The maximum Gasteiger partial charge on any atom is 0.146 e. The summed E-state index contributed by atoms with van der Waals surface area (Å²) in [6.07, 6.45) is 10.7. The number of rotatable bonds is 10. The molecule has 0 heterocycles. The van der Waals surface area contributed by atoms with Crippen LogP contribution in [0.1, 0.15) is 59.8 Å². The van der Waals surface area contributed by atoms with Crippen LogP contribution >= 0.6 is 7.92 Å². The van der Waals surface area contributed by atoms with E-state index in [-0.39, 0.29) is 5.60 Å². The molecular formula is C13H31OPSi. The molecule has 0 aliphatic rings. The molecule has 0 aliphatic carbocycles. The van der Waals surface area contributed by atoms with Gasteiger partial charge in [-0.15, -0.1) is 7.92 Å². The fourth-order valence-corrected chi connectivity index (χ4v) is 4.85. The second-order valence-corrected chi connectivity index (χ2v) is 8.04. The summed E-state index contributed by atoms with van der Waals surface area (Å²) in [5.41, 5.74) is 0.230. The van der Waals surface area contributed by atoms with Crippen LogP contribution in [0.4, 0.5) is 0 Å². The molecule has 0 aromatic carbocycles. The Morgan fingerprint density at radius 3 is 1.94 bits per heavy atom. The van der Waals surface area contributed by atoms with Crippen molar-refractivity contribution in [2.24, 2.45) is 0 Å². The molecule has 16 heavy (non-hydrogen) atoms. The summed E-state index contributed by atoms with van der Waals surface area (Å²) < 4.78 is 5.84. The van der Waals surface area contributed by atoms with Crippen LogP contribution in [0.2, 0.25) is 0 Å². The third-order valence-electron chi connectivity index (χ3n) is 3.97. The highest BCUT2D eigenvalue weighted by Gasteiger charge is 2.23. The summed E-state index contributed by atoms with van der Waals surface area (Å²) in [4.78, 5) is 0. The Kier molecular flexibility index (Phi) is 9.98. The van der Waals surface area contributed by atoms with Crippen LogP contribution < -0.4 is 0 Å². The van der Waals surface area contributed by atoms with Crippen molar-refractivity contribution in [3.63, 3.8) is 0 Å². The SMILES string of the molecule is CCP(CC)CCCCC(CC)(CC)O[SiH3]. The Hall–Kier alpha value is 0.607. The number of hydrogen-bond acceptors (Lipinski definition) is 1. The molecule has 98 valence electrons. The van der Waals surface area contributed by atoms with Gasteiger partial charge in [0, 0.05) is 0 Å². The molecule has 0 saturated carbocycles. The lowest BCUT2D eigenvalue weighted by atomic mass is 9.91. The molecule has 0 unspecified atom stereocenters. The fourth-order valence-electron chi connectivity index (χ4n) is 2.32. The number of hydrogen-bond donors (Lipinski definition) is 0. The van der Waals surface area contributed by atoms with Gasteiger partial charge in [-0.1, -0.05) is 34.1 Å². The molecule has 0 rings (SSSR count). The van der Waals surface area contributed by atoms with Gasteiger partial charge in [-0.05, 0) is 44.2 Å². The molecule has 0 fully saturated rings. The highest BCUT2D eigenvalue weighted by atomic mass is 31.1. The Morgan fingerprint density at radius 2 is 1.56 bits per heavy atom. The quantitative estimate of drug-likeness (QED) is 0.332. The molecule has 0 aromatic heterocycles. The molecule has 0 aliphatic heterocycles. The van der Waals surface area contributed by atoms with Crippen molar-refractivity contribution in [3.8, 4) is 0 Å². The van der Waals surface area contributed by atoms with Gasteiger partial charge in [0.2, 0.25) is 0 Å². The highest BCUT2D eigenvalue weighted by molar-refractivity contribution is 7.57. The average Bonchev–Trinajstić information content (AvgIpc) is 2.35. The molecule has 0 bridgehead atoms. The van der Waals surface area contributed by atoms with Crippen molar-refractivity contribution in [3.05, 3.63) is 0 Å². The van der Waals surface area contributed by atoms with E-state index < -0.39 is 0 Å². The first kappa shape index (κ1) is 16.6. The molecule has 0 amide bonds. The minimum Gasteiger partial charge on any atom is -0.422 e. The van der Waals surface area contributed by atoms with Gasteiger partial charge in [-0.2, -0.15) is 0 Å². The van der Waals surface area contributed by atoms with Crippen molar-refractivity contribution in [1.82, 2.24) is 0 Å². The summed E-state index contributed by atoms with van der Waals surface area (Å²) in [6.45, 7) is 9.23. The zero-order chi connectivity index (χ0) is 12.4. The standard InChI is InChI=1S/C13H31OPSi/c1-5-13(6-2,14-16)11-9-10-12-15(7-3)8-4/h5-12H2,1-4,16H3. The van der Waals surface area contributed by atoms with Crippen LogP contribution in [0.25, 0.3) is 0 Å². The van der Waals surface area contributed by atoms with Crippen LogP contribution in [0, 0.1) is 0 Å². The molecule has 0 aromatic rings. The summed E-state index contributed by atoms with van der Waals surface area (Å²) in [5.74, 6) is 0. The fraction of sp³-hybridized carbons (Fsp3) is 1.00. The highest BCUT2D eigenvalue weighted by Crippen LogP contribution is 2.36. The molecule has 0 atom stereocenters. The largest absolute Gasteiger partial charge is 0.422 e. The lowest BCUT2D eigenvalue weighted by molar-refractivity contribution is 0.0589. The first-order valence-corrected chi connectivity index (χ1v) is 9.66. The lowest BCUT2D eigenvalue weighted by Gasteiger charge is -2.31. The molecule has 0 N–H and O–H groups in total. The van der Waals surface area contributed by atoms with Crippen molar-refractivity contribution < 1.29 is 4.43 Å². The van der Waals surface area contributed by atoms with Crippen LogP contribution in [0.15, 0.2) is 0 Å². The van der Waals surface area contributed by atoms with Gasteiger partial charge < -0.3 is 4.43 Å². The summed E-state index contributed by atoms with van der Waals surface area (Å²) in [5, 5.41) is 0. The molecule has 3 heteroatoms. The first-order chi connectivity index (χ1) is 7.67. The topological polar surface area (TPSA) is 9.23 Å². The van der Waals surface area contributed by atoms with E-state index in [4.69, 9.17) is 4.43 Å². The van der Waals surface area contributed by atoms with Gasteiger partial charge in [0.15, 0.2) is 0 Å².